The second-order valence-electron chi connectivity index (χ2n) is 4.07. The van der Waals surface area contributed by atoms with Gasteiger partial charge in [-0.3, -0.25) is 4.90 Å². The van der Waals surface area contributed by atoms with Gasteiger partial charge >= 0.3 is 0 Å². The van der Waals surface area contributed by atoms with E-state index < -0.39 is 0 Å². The molecular weight excluding hydrogens is 190 g/mol. The topological polar surface area (TPSA) is 46.0 Å². The predicted octanol–water partition coefficient (Wildman–Crippen LogP) is -0.00110. The van der Waals surface area contributed by atoms with Gasteiger partial charge in [-0.2, -0.15) is 0 Å². The molecule has 1 aliphatic heterocycles. The van der Waals surface area contributed by atoms with E-state index in [1.54, 1.807) is 6.33 Å². The van der Waals surface area contributed by atoms with E-state index in [0.29, 0.717) is 6.04 Å². The lowest BCUT2D eigenvalue weighted by Gasteiger charge is -2.25. The molecule has 1 fully saturated rings. The Labute approximate surface area is 90.5 Å². The number of nitrogens with zero attached hydrogens (tertiary/aromatic N) is 4. The van der Waals surface area contributed by atoms with Gasteiger partial charge in [-0.25, -0.2) is 0 Å². The Bertz CT molecular complexity index is 303. The smallest absolute Gasteiger partial charge is 0.146 e. The number of aryl methyl sites for hydroxylation is 1. The Morgan fingerprint density at radius 2 is 2.53 bits per heavy atom. The fourth-order valence-corrected chi connectivity index (χ4v) is 2.08. The van der Waals surface area contributed by atoms with Gasteiger partial charge in [0.15, 0.2) is 0 Å². The van der Waals surface area contributed by atoms with E-state index in [9.17, 15) is 0 Å². The molecule has 1 aromatic heterocycles. The molecule has 0 radical (unpaired) electrons. The van der Waals surface area contributed by atoms with Gasteiger partial charge in [-0.05, 0) is 19.5 Å². The second-order valence-corrected chi connectivity index (χ2v) is 4.07. The van der Waals surface area contributed by atoms with Crippen molar-refractivity contribution < 1.29 is 0 Å². The third-order valence-corrected chi connectivity index (χ3v) is 3.11. The van der Waals surface area contributed by atoms with Crippen molar-refractivity contribution in [1.29, 1.82) is 0 Å². The van der Waals surface area contributed by atoms with Gasteiger partial charge in [0.2, 0.25) is 0 Å². The van der Waals surface area contributed by atoms with Crippen molar-refractivity contribution in [3.8, 4) is 0 Å². The van der Waals surface area contributed by atoms with Gasteiger partial charge in [0.1, 0.15) is 12.2 Å². The Balaban J connectivity index is 1.98. The van der Waals surface area contributed by atoms with Crippen LogP contribution >= 0.6 is 0 Å². The Morgan fingerprint density at radius 3 is 3.07 bits per heavy atom. The maximum Gasteiger partial charge on any atom is 0.146 e. The highest BCUT2D eigenvalue weighted by atomic mass is 15.3. The molecule has 0 aliphatic carbocycles. The zero-order valence-corrected chi connectivity index (χ0v) is 9.48. The summed E-state index contributed by atoms with van der Waals surface area (Å²) in [7, 11) is 2.00. The lowest BCUT2D eigenvalue weighted by Crippen LogP contribution is -2.36. The van der Waals surface area contributed by atoms with Crippen LogP contribution in [0.15, 0.2) is 6.33 Å². The van der Waals surface area contributed by atoms with Crippen molar-refractivity contribution in [3.63, 3.8) is 0 Å². The van der Waals surface area contributed by atoms with Crippen LogP contribution in [0.25, 0.3) is 0 Å². The van der Waals surface area contributed by atoms with Crippen LogP contribution in [0.1, 0.15) is 19.2 Å². The summed E-state index contributed by atoms with van der Waals surface area (Å²) in [6.07, 6.45) is 3.00. The molecule has 1 unspecified atom stereocenters. The van der Waals surface area contributed by atoms with Crippen LogP contribution in [0, 0.1) is 0 Å². The Hall–Kier alpha value is -0.940. The number of aromatic nitrogens is 3. The first-order chi connectivity index (χ1) is 7.31. The van der Waals surface area contributed by atoms with Crippen LogP contribution in [-0.2, 0) is 13.6 Å². The molecule has 0 aromatic carbocycles. The lowest BCUT2D eigenvalue weighted by molar-refractivity contribution is 0.203. The monoisotopic (exact) mass is 209 g/mol. The molecule has 5 heteroatoms. The highest BCUT2D eigenvalue weighted by Crippen LogP contribution is 2.11. The molecule has 84 valence electrons. The fraction of sp³-hybridized carbons (Fsp3) is 0.800. The van der Waals surface area contributed by atoms with Crippen molar-refractivity contribution in [2.24, 2.45) is 7.05 Å². The molecule has 2 rings (SSSR count). The van der Waals surface area contributed by atoms with Crippen LogP contribution in [0.3, 0.4) is 0 Å². The molecule has 0 bridgehead atoms. The highest BCUT2D eigenvalue weighted by molar-refractivity contribution is 4.88. The molecule has 1 atom stereocenters. The largest absolute Gasteiger partial charge is 0.320 e. The number of rotatable bonds is 4. The minimum Gasteiger partial charge on any atom is -0.320 e. The van der Waals surface area contributed by atoms with Crippen LogP contribution in [0.2, 0.25) is 0 Å². The van der Waals surface area contributed by atoms with Gasteiger partial charge in [0.05, 0.1) is 6.54 Å². The molecule has 1 aromatic rings. The summed E-state index contributed by atoms with van der Waals surface area (Å²) >= 11 is 0. The quantitative estimate of drug-likeness (QED) is 0.758. The fourth-order valence-electron chi connectivity index (χ4n) is 2.08. The van der Waals surface area contributed by atoms with E-state index >= 15 is 0 Å². The minimum absolute atomic E-state index is 0.659. The first-order valence-electron chi connectivity index (χ1n) is 5.59. The maximum absolute atomic E-state index is 4.13. The zero-order valence-electron chi connectivity index (χ0n) is 9.48. The van der Waals surface area contributed by atoms with Crippen LogP contribution in [-0.4, -0.2) is 45.3 Å². The lowest BCUT2D eigenvalue weighted by atomic mass is 10.2. The molecular formula is C10H19N5. The van der Waals surface area contributed by atoms with E-state index in [0.717, 1.165) is 32.0 Å². The molecule has 1 saturated heterocycles. The van der Waals surface area contributed by atoms with Crippen LogP contribution < -0.4 is 5.32 Å². The van der Waals surface area contributed by atoms with E-state index in [4.69, 9.17) is 0 Å². The van der Waals surface area contributed by atoms with E-state index in [1.165, 1.54) is 6.42 Å². The van der Waals surface area contributed by atoms with Gasteiger partial charge in [0, 0.05) is 19.6 Å². The number of likely N-dealkylation sites (N-methyl/N-ethyl adjacent to an activating group) is 1. The predicted molar refractivity (Wildman–Crippen MR) is 58.4 cm³/mol. The molecule has 0 amide bonds. The van der Waals surface area contributed by atoms with Crippen molar-refractivity contribution in [2.45, 2.75) is 25.9 Å². The Morgan fingerprint density at radius 1 is 1.67 bits per heavy atom. The molecule has 5 nitrogen and oxygen atoms in total. The minimum atomic E-state index is 0.659. The summed E-state index contributed by atoms with van der Waals surface area (Å²) in [6.45, 7) is 6.42. The first-order valence-corrected chi connectivity index (χ1v) is 5.59. The Kier molecular flexibility index (Phi) is 3.33. The third-order valence-electron chi connectivity index (χ3n) is 3.11. The second kappa shape index (κ2) is 4.72. The van der Waals surface area contributed by atoms with Gasteiger partial charge < -0.3 is 9.88 Å². The summed E-state index contributed by atoms with van der Waals surface area (Å²) in [5.41, 5.74) is 0. The number of hydrogen-bond acceptors (Lipinski definition) is 4. The normalized spacial score (nSPS) is 21.4. The van der Waals surface area contributed by atoms with Crippen LogP contribution in [0.4, 0.5) is 0 Å². The summed E-state index contributed by atoms with van der Waals surface area (Å²) in [5, 5.41) is 11.4. The molecule has 1 N–H and O–H groups in total. The number of hydrogen-bond donors (Lipinski definition) is 1. The summed E-state index contributed by atoms with van der Waals surface area (Å²) in [5.74, 6) is 1.05. The van der Waals surface area contributed by atoms with Crippen molar-refractivity contribution in [1.82, 2.24) is 25.0 Å². The molecule has 15 heavy (non-hydrogen) atoms. The van der Waals surface area contributed by atoms with E-state index in [1.807, 2.05) is 11.6 Å². The third kappa shape index (κ3) is 2.35. The summed E-state index contributed by atoms with van der Waals surface area (Å²) in [6, 6.07) is 0.659. The molecule has 0 saturated carbocycles. The van der Waals surface area contributed by atoms with E-state index in [2.05, 4.69) is 27.3 Å². The standard InChI is InChI=1S/C10H19N5/c1-3-15(9-4-5-11-6-9)7-10-13-12-8-14(10)2/h8-9,11H,3-7H2,1-2H3. The van der Waals surface area contributed by atoms with Gasteiger partial charge in [0.25, 0.3) is 0 Å². The zero-order chi connectivity index (χ0) is 10.7. The maximum atomic E-state index is 4.13. The van der Waals surface area contributed by atoms with Crippen molar-refractivity contribution in [2.75, 3.05) is 19.6 Å². The van der Waals surface area contributed by atoms with E-state index in [-0.39, 0.29) is 0 Å². The molecule has 2 heterocycles. The summed E-state index contributed by atoms with van der Waals surface area (Å²) in [4.78, 5) is 2.46. The first kappa shape index (κ1) is 10.6. The number of nitrogens with one attached hydrogen (secondary N) is 1. The average Bonchev–Trinajstić information content (AvgIpc) is 2.86. The molecule has 0 spiro atoms. The summed E-state index contributed by atoms with van der Waals surface area (Å²) < 4.78 is 1.99. The SMILES string of the molecule is CCN(Cc1nncn1C)C1CCNC1. The van der Waals surface area contributed by atoms with Crippen LogP contribution in [0.5, 0.6) is 0 Å². The highest BCUT2D eigenvalue weighted by Gasteiger charge is 2.22. The average molecular weight is 209 g/mol. The van der Waals surface area contributed by atoms with Crippen molar-refractivity contribution >= 4 is 0 Å². The van der Waals surface area contributed by atoms with Crippen molar-refractivity contribution in [3.05, 3.63) is 12.2 Å². The van der Waals surface area contributed by atoms with Gasteiger partial charge in [-0.1, -0.05) is 6.92 Å². The molecule has 1 aliphatic rings. The van der Waals surface area contributed by atoms with Gasteiger partial charge in [-0.15, -0.1) is 10.2 Å².